The molecule has 0 unspecified atom stereocenters. The summed E-state index contributed by atoms with van der Waals surface area (Å²) in [4.78, 5) is 5.07. The van der Waals surface area contributed by atoms with Crippen LogP contribution in [-0.4, -0.2) is 19.4 Å². The molecule has 0 amide bonds. The van der Waals surface area contributed by atoms with Crippen molar-refractivity contribution in [1.82, 2.24) is 4.57 Å². The van der Waals surface area contributed by atoms with Crippen molar-refractivity contribution < 1.29 is 11.0 Å². The Bertz CT molecular complexity index is 6250. The van der Waals surface area contributed by atoms with Crippen LogP contribution in [0.25, 0.3) is 83.1 Å². The van der Waals surface area contributed by atoms with Crippen molar-refractivity contribution in [1.29, 1.82) is 0 Å². The van der Waals surface area contributed by atoms with Crippen LogP contribution in [0, 0.1) is 0 Å². The number of hydrogen-bond donors (Lipinski definition) is 0. The first kappa shape index (κ1) is 58.3. The minimum Gasteiger partial charge on any atom is -0.310 e. The molecule has 5 heteroatoms. The Morgan fingerprint density at radius 1 is 0.290 bits per heavy atom. The summed E-state index contributed by atoms with van der Waals surface area (Å²) >= 11 is 0. The SMILES string of the molecule is [2H]c1c([2H])c([2H])c2c(c1[2H])c1c([2H])c([2H])c([2H])c([2H])c1n2-c1ccc2c(c1)N(c1c(-c3ccccc3)cc(C(C)(C)C)cc1-c1ccccc1)c1cc(C(C)(C)C)cc3c1B2c1cc(-c2ccc([Si](c4ccccc4)(c4ccccc4)c4ccccc4)cc2)ccc1N3c1c(-c2ccccc2)cc(C(C)(C)C)cc1-c1ccccc1. The van der Waals surface area contributed by atoms with Crippen LogP contribution in [0.4, 0.5) is 34.1 Å². The molecule has 0 spiro atoms. The van der Waals surface area contributed by atoms with Crippen LogP contribution in [0.15, 0.2) is 358 Å². The second kappa shape index (κ2) is 26.2. The van der Waals surface area contributed by atoms with Crippen molar-refractivity contribution in [2.45, 2.75) is 78.6 Å². The highest BCUT2D eigenvalue weighted by molar-refractivity contribution is 7.20. The van der Waals surface area contributed by atoms with Gasteiger partial charge in [0.2, 0.25) is 0 Å². The number of benzene rings is 15. The topological polar surface area (TPSA) is 11.4 Å². The molecule has 0 fully saturated rings. The van der Waals surface area contributed by atoms with Crippen LogP contribution in [0.5, 0.6) is 0 Å². The molecule has 0 saturated carbocycles. The van der Waals surface area contributed by atoms with Gasteiger partial charge in [0.15, 0.2) is 8.07 Å². The van der Waals surface area contributed by atoms with Gasteiger partial charge in [-0.15, -0.1) is 0 Å². The molecule has 2 aliphatic heterocycles. The van der Waals surface area contributed by atoms with Gasteiger partial charge in [-0.05, 0) is 170 Å². The van der Waals surface area contributed by atoms with Crippen LogP contribution in [-0.2, 0) is 16.2 Å². The van der Waals surface area contributed by atoms with E-state index in [1.54, 1.807) is 4.57 Å². The number of anilines is 6. The lowest BCUT2D eigenvalue weighted by Crippen LogP contribution is -2.74. The maximum absolute atomic E-state index is 9.91. The van der Waals surface area contributed by atoms with Gasteiger partial charge in [-0.1, -0.05) is 353 Å². The molecule has 0 N–H and O–H groups in total. The number of nitrogens with zero attached hydrogens (tertiary/aromatic N) is 3. The Morgan fingerprint density at radius 3 is 1.03 bits per heavy atom. The van der Waals surface area contributed by atoms with Crippen LogP contribution in [0.2, 0.25) is 0 Å². The number of para-hydroxylation sites is 2. The predicted molar refractivity (Wildman–Crippen MR) is 462 cm³/mol. The molecular formula is C102H86BN3Si. The lowest BCUT2D eigenvalue weighted by Gasteiger charge is -2.47. The van der Waals surface area contributed by atoms with E-state index in [1.165, 1.54) is 26.3 Å². The molecule has 0 saturated heterocycles. The molecule has 0 bridgehead atoms. The molecule has 107 heavy (non-hydrogen) atoms. The first-order valence-electron chi connectivity index (χ1n) is 41.3. The van der Waals surface area contributed by atoms with Crippen LogP contribution in [0.3, 0.4) is 0 Å². The molecule has 15 aromatic carbocycles. The quantitative estimate of drug-likeness (QED) is 0.0892. The van der Waals surface area contributed by atoms with E-state index in [0.717, 1.165) is 117 Å². The molecule has 516 valence electrons. The smallest absolute Gasteiger partial charge is 0.252 e. The Hall–Kier alpha value is -12.0. The van der Waals surface area contributed by atoms with E-state index in [0.29, 0.717) is 5.69 Å². The average molecular weight is 1400 g/mol. The highest BCUT2D eigenvalue weighted by Gasteiger charge is 2.47. The van der Waals surface area contributed by atoms with Crippen LogP contribution in [0.1, 0.15) is 90.0 Å². The van der Waals surface area contributed by atoms with Crippen LogP contribution < -0.4 is 46.9 Å². The molecule has 3 heterocycles. The van der Waals surface area contributed by atoms with Gasteiger partial charge in [0, 0.05) is 61.5 Å². The zero-order valence-electron chi connectivity index (χ0n) is 69.9. The first-order chi connectivity index (χ1) is 55.3. The molecule has 18 rings (SSSR count). The second-order valence-corrected chi connectivity index (χ2v) is 35.6. The lowest BCUT2D eigenvalue weighted by atomic mass is 9.33. The summed E-state index contributed by atoms with van der Waals surface area (Å²) in [5.74, 6) is 0. The Kier molecular flexibility index (Phi) is 14.3. The summed E-state index contributed by atoms with van der Waals surface area (Å²) in [6, 6.07) is 110. The van der Waals surface area contributed by atoms with Gasteiger partial charge in [-0.3, -0.25) is 0 Å². The average Bonchev–Trinajstić information content (AvgIpc) is 1.43. The third-order valence-electron chi connectivity index (χ3n) is 22.2. The summed E-state index contributed by atoms with van der Waals surface area (Å²) in [7, 11) is -2.96. The van der Waals surface area contributed by atoms with Gasteiger partial charge in [0.25, 0.3) is 6.71 Å². The van der Waals surface area contributed by atoms with Crippen molar-refractivity contribution >= 4 is 108 Å². The summed E-state index contributed by atoms with van der Waals surface area (Å²) in [5, 5.41) is 5.14. The molecule has 0 radical (unpaired) electrons. The zero-order chi connectivity index (χ0) is 79.9. The molecule has 0 atom stereocenters. The molecular weight excluding hydrogens is 1310 g/mol. The largest absolute Gasteiger partial charge is 0.310 e. The normalized spacial score (nSPS) is 13.9. The van der Waals surface area contributed by atoms with Crippen molar-refractivity contribution in [2.75, 3.05) is 9.80 Å². The fraction of sp³-hybridized carbons (Fsp3) is 0.118. The predicted octanol–water partition coefficient (Wildman–Crippen LogP) is 22.5. The van der Waals surface area contributed by atoms with Gasteiger partial charge in [-0.25, -0.2) is 0 Å². The summed E-state index contributed by atoms with van der Waals surface area (Å²) in [6.45, 7) is 20.1. The molecule has 3 nitrogen and oxygen atoms in total. The van der Waals surface area contributed by atoms with E-state index >= 15 is 0 Å². The van der Waals surface area contributed by atoms with Crippen molar-refractivity contribution in [2.24, 2.45) is 0 Å². The Balaban J connectivity index is 1.01. The minimum atomic E-state index is -2.96. The molecule has 2 aliphatic rings. The van der Waals surface area contributed by atoms with E-state index in [-0.39, 0.29) is 44.7 Å². The third kappa shape index (κ3) is 11.4. The number of aromatic nitrogens is 1. The molecule has 16 aromatic rings. The van der Waals surface area contributed by atoms with Crippen LogP contribution >= 0.6 is 0 Å². The Labute approximate surface area is 643 Å². The monoisotopic (exact) mass is 1400 g/mol. The van der Waals surface area contributed by atoms with E-state index in [9.17, 15) is 8.22 Å². The number of fused-ring (bicyclic) bond motifs is 7. The fourth-order valence-corrected chi connectivity index (χ4v) is 21.6. The summed E-state index contributed by atoms with van der Waals surface area (Å²) in [5.41, 5.74) is 21.8. The van der Waals surface area contributed by atoms with Crippen molar-refractivity contribution in [3.63, 3.8) is 0 Å². The fourth-order valence-electron chi connectivity index (χ4n) is 16.8. The molecule has 1 aromatic heterocycles. The maximum atomic E-state index is 9.91. The highest BCUT2D eigenvalue weighted by atomic mass is 28.3. The molecule has 0 aliphatic carbocycles. The third-order valence-corrected chi connectivity index (χ3v) is 27.0. The van der Waals surface area contributed by atoms with E-state index in [4.69, 9.17) is 2.74 Å². The van der Waals surface area contributed by atoms with E-state index < -0.39 is 56.5 Å². The van der Waals surface area contributed by atoms with Crippen molar-refractivity contribution in [3.05, 3.63) is 374 Å². The standard InChI is InChI=1S/C102H86BN3Si/c1-100(2,3)75-62-85(70-35-17-10-18-36-70)98(86(63-75)71-37-19-11-20-38-71)105-93-60-55-74(69-53-57-82(58-54-69)107(79-43-25-14-26-44-79,80-45-27-15-28-46-80)81-47-29-16-30-48-81)61-90(93)103-89-59-56-78(104-91-51-33-31-49-83(91)84-50-32-34-52-92(84)104)68-94(89)106(96-67-77(102(7,8)9)66-95(105)97(96)103)99-87(72-39-21-12-22-40-72)64-76(101(4,5)6)65-88(99)73-41-23-13-24-42-73/h10-68H,1-9H3/i31D,32D,33D,34D,49D,50D,51D,52D. The lowest BCUT2D eigenvalue weighted by molar-refractivity contribution is 0.590. The maximum Gasteiger partial charge on any atom is 0.252 e. The van der Waals surface area contributed by atoms with Gasteiger partial charge >= 0.3 is 0 Å². The second-order valence-electron chi connectivity index (χ2n) is 31.8. The number of rotatable bonds is 12. The van der Waals surface area contributed by atoms with Gasteiger partial charge in [0.05, 0.1) is 33.4 Å². The van der Waals surface area contributed by atoms with Crippen molar-refractivity contribution in [3.8, 4) is 61.3 Å². The number of hydrogen-bond acceptors (Lipinski definition) is 2. The van der Waals surface area contributed by atoms with E-state index in [1.807, 2.05) is 6.07 Å². The van der Waals surface area contributed by atoms with E-state index in [2.05, 4.69) is 375 Å². The summed E-state index contributed by atoms with van der Waals surface area (Å²) < 4.78 is 77.7. The highest BCUT2D eigenvalue weighted by Crippen LogP contribution is 2.55. The van der Waals surface area contributed by atoms with Gasteiger partial charge in [-0.2, -0.15) is 0 Å². The van der Waals surface area contributed by atoms with Gasteiger partial charge < -0.3 is 14.4 Å². The Morgan fingerprint density at radius 2 is 0.636 bits per heavy atom. The van der Waals surface area contributed by atoms with Gasteiger partial charge in [0.1, 0.15) is 0 Å². The minimum absolute atomic E-state index is 0.0123. The zero-order valence-corrected chi connectivity index (χ0v) is 62.9. The first-order valence-corrected chi connectivity index (χ1v) is 39.3. The summed E-state index contributed by atoms with van der Waals surface area (Å²) in [6.07, 6.45) is 0.